The molecule has 5 rings (SSSR count). The zero-order valence-electron chi connectivity index (χ0n) is 12.1. The molecule has 0 aliphatic carbocycles. The average Bonchev–Trinajstić information content (AvgIpc) is 2.99. The monoisotopic (exact) mass is 297 g/mol. The van der Waals surface area contributed by atoms with E-state index >= 15 is 0 Å². The summed E-state index contributed by atoms with van der Waals surface area (Å²) >= 11 is 0. The molecule has 5 aromatic rings. The molecule has 0 unspecified atom stereocenters. The van der Waals surface area contributed by atoms with Crippen molar-refractivity contribution in [2.24, 2.45) is 0 Å². The van der Waals surface area contributed by atoms with Crippen molar-refractivity contribution in [3.05, 3.63) is 67.0 Å². The molecule has 3 heterocycles. The molecule has 0 radical (unpaired) electrons. The van der Waals surface area contributed by atoms with Gasteiger partial charge in [-0.1, -0.05) is 42.5 Å². The van der Waals surface area contributed by atoms with Gasteiger partial charge in [-0.3, -0.25) is 4.98 Å². The highest BCUT2D eigenvalue weighted by Gasteiger charge is 2.12. The fourth-order valence-electron chi connectivity index (χ4n) is 2.98. The molecule has 2 aromatic carbocycles. The van der Waals surface area contributed by atoms with Crippen molar-refractivity contribution in [3.8, 4) is 11.4 Å². The summed E-state index contributed by atoms with van der Waals surface area (Å²) < 4.78 is 5.83. The van der Waals surface area contributed by atoms with Gasteiger partial charge in [0.1, 0.15) is 11.3 Å². The third-order valence-electron chi connectivity index (χ3n) is 4.08. The molecule has 0 amide bonds. The summed E-state index contributed by atoms with van der Waals surface area (Å²) in [4.78, 5) is 4.53. The van der Waals surface area contributed by atoms with Crippen LogP contribution in [0.15, 0.2) is 71.4 Å². The summed E-state index contributed by atoms with van der Waals surface area (Å²) in [5.74, 6) is 0. The SMILES string of the molecule is c1ccc2c(-c3cc4c(cn3)oc3ccccc34)nncc2c1. The molecule has 4 nitrogen and oxygen atoms in total. The Morgan fingerprint density at radius 1 is 0.739 bits per heavy atom. The molecule has 23 heavy (non-hydrogen) atoms. The third-order valence-corrected chi connectivity index (χ3v) is 4.08. The van der Waals surface area contributed by atoms with Gasteiger partial charge in [-0.2, -0.15) is 5.10 Å². The number of aromatic nitrogens is 3. The van der Waals surface area contributed by atoms with Gasteiger partial charge in [-0.15, -0.1) is 5.10 Å². The van der Waals surface area contributed by atoms with E-state index in [1.54, 1.807) is 12.4 Å². The highest BCUT2D eigenvalue weighted by molar-refractivity contribution is 6.06. The first-order valence-electron chi connectivity index (χ1n) is 7.38. The molecule has 0 atom stereocenters. The molecule has 0 saturated carbocycles. The van der Waals surface area contributed by atoms with Crippen LogP contribution in [-0.2, 0) is 0 Å². The number of para-hydroxylation sites is 1. The van der Waals surface area contributed by atoms with Gasteiger partial charge in [0.05, 0.1) is 18.1 Å². The second-order valence-electron chi connectivity index (χ2n) is 5.44. The lowest BCUT2D eigenvalue weighted by molar-refractivity contribution is 0.667. The number of furan rings is 1. The molecule has 0 aliphatic heterocycles. The van der Waals surface area contributed by atoms with E-state index in [9.17, 15) is 0 Å². The van der Waals surface area contributed by atoms with Crippen molar-refractivity contribution in [3.63, 3.8) is 0 Å². The lowest BCUT2D eigenvalue weighted by atomic mass is 10.1. The predicted octanol–water partition coefficient (Wildman–Crippen LogP) is 4.59. The standard InChI is InChI=1S/C19H11N3O/c1-2-6-13-12(5-1)10-21-22-19(13)16-9-15-14-7-3-4-8-17(14)23-18(15)11-20-16/h1-11H. The van der Waals surface area contributed by atoms with Crippen molar-refractivity contribution >= 4 is 32.7 Å². The minimum absolute atomic E-state index is 0.781. The highest BCUT2D eigenvalue weighted by Crippen LogP contribution is 2.32. The van der Waals surface area contributed by atoms with Crippen LogP contribution in [0.2, 0.25) is 0 Å². The Morgan fingerprint density at radius 3 is 2.52 bits per heavy atom. The summed E-state index contributed by atoms with van der Waals surface area (Å²) in [6.07, 6.45) is 3.53. The summed E-state index contributed by atoms with van der Waals surface area (Å²) in [5, 5.41) is 12.6. The van der Waals surface area contributed by atoms with Gasteiger partial charge in [-0.25, -0.2) is 0 Å². The molecule has 0 fully saturated rings. The summed E-state index contributed by atoms with van der Waals surface area (Å²) in [6, 6.07) is 18.1. The van der Waals surface area contributed by atoms with Gasteiger partial charge in [-0.05, 0) is 12.1 Å². The van der Waals surface area contributed by atoms with Gasteiger partial charge >= 0.3 is 0 Å². The maximum atomic E-state index is 5.83. The molecule has 0 N–H and O–H groups in total. The molecule has 3 aromatic heterocycles. The molecular weight excluding hydrogens is 286 g/mol. The minimum atomic E-state index is 0.781. The topological polar surface area (TPSA) is 51.8 Å². The molecular formula is C19H11N3O. The second-order valence-corrected chi connectivity index (χ2v) is 5.44. The lowest BCUT2D eigenvalue weighted by Gasteiger charge is -2.03. The maximum Gasteiger partial charge on any atom is 0.153 e. The highest BCUT2D eigenvalue weighted by atomic mass is 16.3. The molecule has 0 bridgehead atoms. The van der Waals surface area contributed by atoms with Gasteiger partial charge in [0.15, 0.2) is 5.58 Å². The van der Waals surface area contributed by atoms with Crippen molar-refractivity contribution in [2.45, 2.75) is 0 Å². The van der Waals surface area contributed by atoms with E-state index in [0.29, 0.717) is 0 Å². The van der Waals surface area contributed by atoms with Gasteiger partial charge < -0.3 is 4.42 Å². The number of hydrogen-bond acceptors (Lipinski definition) is 4. The lowest BCUT2D eigenvalue weighted by Crippen LogP contribution is -1.91. The third kappa shape index (κ3) is 1.82. The quantitative estimate of drug-likeness (QED) is 0.454. The number of hydrogen-bond donors (Lipinski definition) is 0. The first kappa shape index (κ1) is 12.3. The van der Waals surface area contributed by atoms with Crippen LogP contribution in [0.1, 0.15) is 0 Å². The molecule has 4 heteroatoms. The van der Waals surface area contributed by atoms with E-state index in [0.717, 1.165) is 44.1 Å². The first-order valence-corrected chi connectivity index (χ1v) is 7.38. The fraction of sp³-hybridized carbons (Fsp3) is 0. The normalized spacial score (nSPS) is 11.5. The van der Waals surface area contributed by atoms with Crippen LogP contribution < -0.4 is 0 Å². The Labute approximate surface area is 131 Å². The minimum Gasteiger partial charge on any atom is -0.454 e. The van der Waals surface area contributed by atoms with Crippen LogP contribution >= 0.6 is 0 Å². The van der Waals surface area contributed by atoms with Crippen LogP contribution in [0.25, 0.3) is 44.1 Å². The van der Waals surface area contributed by atoms with E-state index in [2.05, 4.69) is 21.2 Å². The van der Waals surface area contributed by atoms with E-state index in [1.807, 2.05) is 48.5 Å². The van der Waals surface area contributed by atoms with Crippen LogP contribution in [0.4, 0.5) is 0 Å². The first-order chi connectivity index (χ1) is 11.4. The predicted molar refractivity (Wildman–Crippen MR) is 90.0 cm³/mol. The van der Waals surface area contributed by atoms with Crippen LogP contribution in [0.5, 0.6) is 0 Å². The molecule has 108 valence electrons. The van der Waals surface area contributed by atoms with Crippen molar-refractivity contribution in [2.75, 3.05) is 0 Å². The number of pyridine rings is 1. The Balaban J connectivity index is 1.84. The van der Waals surface area contributed by atoms with Crippen LogP contribution in [-0.4, -0.2) is 15.2 Å². The van der Waals surface area contributed by atoms with Gasteiger partial charge in [0.2, 0.25) is 0 Å². The number of rotatable bonds is 1. The Bertz CT molecular complexity index is 1170. The maximum absolute atomic E-state index is 5.83. The zero-order chi connectivity index (χ0) is 15.2. The number of fused-ring (bicyclic) bond motifs is 4. The summed E-state index contributed by atoms with van der Waals surface area (Å²) in [6.45, 7) is 0. The van der Waals surface area contributed by atoms with Crippen LogP contribution in [0.3, 0.4) is 0 Å². The zero-order valence-corrected chi connectivity index (χ0v) is 12.1. The number of nitrogens with zero attached hydrogens (tertiary/aromatic N) is 3. The summed E-state index contributed by atoms with van der Waals surface area (Å²) in [7, 11) is 0. The van der Waals surface area contributed by atoms with Crippen LogP contribution in [0, 0.1) is 0 Å². The smallest absolute Gasteiger partial charge is 0.153 e. The molecule has 0 spiro atoms. The van der Waals surface area contributed by atoms with Crippen molar-refractivity contribution in [1.82, 2.24) is 15.2 Å². The van der Waals surface area contributed by atoms with E-state index < -0.39 is 0 Å². The van der Waals surface area contributed by atoms with Crippen molar-refractivity contribution in [1.29, 1.82) is 0 Å². The van der Waals surface area contributed by atoms with E-state index in [1.165, 1.54) is 0 Å². The second kappa shape index (κ2) is 4.61. The number of benzene rings is 2. The van der Waals surface area contributed by atoms with Gasteiger partial charge in [0.25, 0.3) is 0 Å². The molecule has 0 aliphatic rings. The van der Waals surface area contributed by atoms with Gasteiger partial charge in [0, 0.05) is 21.5 Å². The van der Waals surface area contributed by atoms with E-state index in [-0.39, 0.29) is 0 Å². The Kier molecular flexibility index (Phi) is 2.46. The Morgan fingerprint density at radius 2 is 1.57 bits per heavy atom. The summed E-state index contributed by atoms with van der Waals surface area (Å²) in [5.41, 5.74) is 3.23. The average molecular weight is 297 g/mol. The van der Waals surface area contributed by atoms with E-state index in [4.69, 9.17) is 4.42 Å². The Hall–Kier alpha value is -3.27. The molecule has 0 saturated heterocycles. The fourth-order valence-corrected chi connectivity index (χ4v) is 2.98. The van der Waals surface area contributed by atoms with Crippen molar-refractivity contribution < 1.29 is 4.42 Å². The largest absolute Gasteiger partial charge is 0.454 e.